The van der Waals surface area contributed by atoms with Crippen LogP contribution in [0, 0.1) is 11.3 Å². The molecule has 0 bridgehead atoms. The summed E-state index contributed by atoms with van der Waals surface area (Å²) in [6.07, 6.45) is 3.24. The highest BCUT2D eigenvalue weighted by Gasteiger charge is 2.35. The molecule has 4 N–H and O–H groups in total. The molecule has 1 heterocycles. The summed E-state index contributed by atoms with van der Waals surface area (Å²) in [5, 5.41) is 11.9. The third kappa shape index (κ3) is 8.39. The van der Waals surface area contributed by atoms with Gasteiger partial charge in [0.2, 0.25) is 10.0 Å². The lowest BCUT2D eigenvalue weighted by Crippen LogP contribution is -2.47. The second-order valence-corrected chi connectivity index (χ2v) is 9.94. The summed E-state index contributed by atoms with van der Waals surface area (Å²) in [4.78, 5) is 4.42. The average molecular weight is 538 g/mol. The van der Waals surface area contributed by atoms with Gasteiger partial charge in [-0.25, -0.2) is 13.6 Å². The SMILES string of the molecule is CN=C(NCCc1ccc(S(N)(=O)=O)cc1)NCC1CCCOC1C(C)(C)C.I. The number of aliphatic imine (C=N–C) groups is 1. The van der Waals surface area contributed by atoms with Crippen molar-refractivity contribution in [2.24, 2.45) is 21.5 Å². The van der Waals surface area contributed by atoms with E-state index in [4.69, 9.17) is 9.88 Å². The van der Waals surface area contributed by atoms with E-state index in [0.717, 1.165) is 43.9 Å². The Hall–Kier alpha value is -0.910. The molecule has 0 saturated carbocycles. The van der Waals surface area contributed by atoms with Crippen LogP contribution >= 0.6 is 24.0 Å². The number of benzene rings is 1. The number of primary sulfonamides is 1. The Morgan fingerprint density at radius 1 is 1.24 bits per heavy atom. The van der Waals surface area contributed by atoms with Crippen LogP contribution in [-0.4, -0.2) is 47.2 Å². The zero-order valence-corrected chi connectivity index (χ0v) is 20.9. The van der Waals surface area contributed by atoms with Gasteiger partial charge in [0.15, 0.2) is 5.96 Å². The Labute approximate surface area is 192 Å². The first-order valence-corrected chi connectivity index (χ1v) is 11.3. The molecule has 1 saturated heterocycles. The maximum absolute atomic E-state index is 11.3. The van der Waals surface area contributed by atoms with Crippen LogP contribution in [0.15, 0.2) is 34.2 Å². The van der Waals surface area contributed by atoms with Crippen LogP contribution in [0.4, 0.5) is 0 Å². The Morgan fingerprint density at radius 3 is 2.45 bits per heavy atom. The number of guanidine groups is 1. The molecule has 1 aliphatic rings. The Bertz CT molecular complexity index is 761. The molecule has 9 heteroatoms. The maximum Gasteiger partial charge on any atom is 0.238 e. The van der Waals surface area contributed by atoms with Crippen LogP contribution < -0.4 is 15.8 Å². The Kier molecular flexibility index (Phi) is 10.3. The zero-order valence-electron chi connectivity index (χ0n) is 17.8. The molecular formula is C20H35IN4O3S. The summed E-state index contributed by atoms with van der Waals surface area (Å²) in [7, 11) is -1.89. The van der Waals surface area contributed by atoms with Crippen molar-refractivity contribution in [2.45, 2.75) is 51.0 Å². The molecule has 7 nitrogen and oxygen atoms in total. The smallest absolute Gasteiger partial charge is 0.238 e. The number of rotatable bonds is 6. The predicted molar refractivity (Wildman–Crippen MR) is 128 cm³/mol. The first-order valence-electron chi connectivity index (χ1n) is 9.79. The molecule has 0 radical (unpaired) electrons. The van der Waals surface area contributed by atoms with Gasteiger partial charge in [0.25, 0.3) is 0 Å². The van der Waals surface area contributed by atoms with Crippen molar-refractivity contribution in [1.29, 1.82) is 0 Å². The van der Waals surface area contributed by atoms with Crippen LogP contribution in [0.2, 0.25) is 0 Å². The fraction of sp³-hybridized carbons (Fsp3) is 0.650. The van der Waals surface area contributed by atoms with E-state index < -0.39 is 10.0 Å². The number of nitrogens with zero attached hydrogens (tertiary/aromatic N) is 1. The van der Waals surface area contributed by atoms with Crippen LogP contribution in [0.5, 0.6) is 0 Å². The van der Waals surface area contributed by atoms with Crippen molar-refractivity contribution >= 4 is 40.0 Å². The second-order valence-electron chi connectivity index (χ2n) is 8.38. The fourth-order valence-corrected chi connectivity index (χ4v) is 4.14. The minimum Gasteiger partial charge on any atom is -0.377 e. The molecule has 2 rings (SSSR count). The lowest BCUT2D eigenvalue weighted by Gasteiger charge is -2.40. The molecule has 29 heavy (non-hydrogen) atoms. The Balaban J connectivity index is 0.00000420. The topological polar surface area (TPSA) is 106 Å². The first-order chi connectivity index (χ1) is 13.1. The molecule has 1 aromatic rings. The van der Waals surface area contributed by atoms with E-state index in [1.807, 2.05) is 0 Å². The van der Waals surface area contributed by atoms with Gasteiger partial charge < -0.3 is 15.4 Å². The lowest BCUT2D eigenvalue weighted by molar-refractivity contribution is -0.0835. The molecule has 0 aliphatic carbocycles. The van der Waals surface area contributed by atoms with E-state index in [1.165, 1.54) is 12.1 Å². The number of nitrogens with one attached hydrogen (secondary N) is 2. The molecule has 2 unspecified atom stereocenters. The largest absolute Gasteiger partial charge is 0.377 e. The number of ether oxygens (including phenoxy) is 1. The van der Waals surface area contributed by atoms with Gasteiger partial charge >= 0.3 is 0 Å². The third-order valence-corrected chi connectivity index (χ3v) is 5.94. The van der Waals surface area contributed by atoms with Crippen molar-refractivity contribution in [3.8, 4) is 0 Å². The van der Waals surface area contributed by atoms with Gasteiger partial charge in [0.1, 0.15) is 0 Å². The number of nitrogens with two attached hydrogens (primary N) is 1. The minimum absolute atomic E-state index is 0. The molecule has 2 atom stereocenters. The first kappa shape index (κ1) is 26.1. The summed E-state index contributed by atoms with van der Waals surface area (Å²) >= 11 is 0. The van der Waals surface area contributed by atoms with Gasteiger partial charge in [-0.05, 0) is 42.4 Å². The lowest BCUT2D eigenvalue weighted by atomic mass is 9.78. The maximum atomic E-state index is 11.3. The van der Waals surface area contributed by atoms with Crippen molar-refractivity contribution < 1.29 is 13.2 Å². The zero-order chi connectivity index (χ0) is 20.8. The van der Waals surface area contributed by atoms with Crippen LogP contribution in [0.1, 0.15) is 39.2 Å². The number of hydrogen-bond donors (Lipinski definition) is 3. The highest BCUT2D eigenvalue weighted by molar-refractivity contribution is 14.0. The standard InChI is InChI=1S/C20H34N4O3S.HI/c1-20(2,3)18-16(6-5-13-27-18)14-24-19(22-4)23-12-11-15-7-9-17(10-8-15)28(21,25)26;/h7-10,16,18H,5-6,11-14H2,1-4H3,(H2,21,25,26)(H2,22,23,24);1H. The molecule has 0 amide bonds. The summed E-state index contributed by atoms with van der Waals surface area (Å²) < 4.78 is 28.7. The predicted octanol–water partition coefficient (Wildman–Crippen LogP) is 2.50. The molecule has 1 aromatic carbocycles. The normalized spacial score (nSPS) is 20.7. The summed E-state index contributed by atoms with van der Waals surface area (Å²) in [5.41, 5.74) is 1.15. The van der Waals surface area contributed by atoms with Gasteiger partial charge in [-0.3, -0.25) is 4.99 Å². The number of halogens is 1. The van der Waals surface area contributed by atoms with E-state index in [9.17, 15) is 8.42 Å². The van der Waals surface area contributed by atoms with Gasteiger partial charge in [0, 0.05) is 32.7 Å². The van der Waals surface area contributed by atoms with Gasteiger partial charge in [-0.2, -0.15) is 0 Å². The highest BCUT2D eigenvalue weighted by Crippen LogP contribution is 2.33. The molecule has 0 spiro atoms. The van der Waals surface area contributed by atoms with Gasteiger partial charge in [0.05, 0.1) is 11.0 Å². The van der Waals surface area contributed by atoms with Crippen LogP contribution in [-0.2, 0) is 21.2 Å². The average Bonchev–Trinajstić information content (AvgIpc) is 2.63. The van der Waals surface area contributed by atoms with Crippen molar-refractivity contribution in [3.63, 3.8) is 0 Å². The van der Waals surface area contributed by atoms with E-state index in [0.29, 0.717) is 12.5 Å². The second kappa shape index (κ2) is 11.5. The molecular weight excluding hydrogens is 503 g/mol. The minimum atomic E-state index is -3.65. The molecule has 1 fully saturated rings. The fourth-order valence-electron chi connectivity index (χ4n) is 3.63. The molecule has 1 aliphatic heterocycles. The third-order valence-electron chi connectivity index (χ3n) is 5.01. The van der Waals surface area contributed by atoms with Crippen molar-refractivity contribution in [3.05, 3.63) is 29.8 Å². The summed E-state index contributed by atoms with van der Waals surface area (Å²) in [6.45, 7) is 9.04. The monoisotopic (exact) mass is 538 g/mol. The molecule has 0 aromatic heterocycles. The molecule has 166 valence electrons. The van der Waals surface area contributed by atoms with Crippen LogP contribution in [0.25, 0.3) is 0 Å². The van der Waals surface area contributed by atoms with Crippen molar-refractivity contribution in [2.75, 3.05) is 26.7 Å². The summed E-state index contributed by atoms with van der Waals surface area (Å²) in [5.74, 6) is 1.22. The number of sulfonamides is 1. The highest BCUT2D eigenvalue weighted by atomic mass is 127. The quantitative estimate of drug-likeness (QED) is 0.293. The Morgan fingerprint density at radius 2 is 1.90 bits per heavy atom. The van der Waals surface area contributed by atoms with E-state index >= 15 is 0 Å². The van der Waals surface area contributed by atoms with E-state index in [-0.39, 0.29) is 40.4 Å². The van der Waals surface area contributed by atoms with Crippen LogP contribution in [0.3, 0.4) is 0 Å². The van der Waals surface area contributed by atoms with Gasteiger partial charge in [-0.1, -0.05) is 32.9 Å². The van der Waals surface area contributed by atoms with E-state index in [1.54, 1.807) is 19.2 Å². The van der Waals surface area contributed by atoms with E-state index in [2.05, 4.69) is 36.4 Å². The van der Waals surface area contributed by atoms with Crippen molar-refractivity contribution in [1.82, 2.24) is 10.6 Å². The number of hydrogen-bond acceptors (Lipinski definition) is 4. The summed E-state index contributed by atoms with van der Waals surface area (Å²) in [6, 6.07) is 6.64. The van der Waals surface area contributed by atoms with Gasteiger partial charge in [-0.15, -0.1) is 24.0 Å².